The molecule has 1 fully saturated rings. The monoisotopic (exact) mass is 406 g/mol. The van der Waals surface area contributed by atoms with E-state index >= 15 is 0 Å². The fourth-order valence-electron chi connectivity index (χ4n) is 3.39. The van der Waals surface area contributed by atoms with Gasteiger partial charge in [0.25, 0.3) is 0 Å². The summed E-state index contributed by atoms with van der Waals surface area (Å²) < 4.78 is 10.3. The summed E-state index contributed by atoms with van der Waals surface area (Å²) in [6.45, 7) is 3.58. The first kappa shape index (κ1) is 19.4. The third-order valence-electron chi connectivity index (χ3n) is 5.16. The second-order valence-electron chi connectivity index (χ2n) is 7.04. The number of amides is 4. The van der Waals surface area contributed by atoms with Crippen molar-refractivity contribution in [3.8, 4) is 5.75 Å². The molecular weight excluding hydrogens is 388 g/mol. The minimum Gasteiger partial charge on any atom is -0.497 e. The van der Waals surface area contributed by atoms with Crippen molar-refractivity contribution in [3.63, 3.8) is 0 Å². The number of hydrogen-bond acceptors (Lipinski definition) is 6. The molecule has 0 radical (unpaired) electrons. The van der Waals surface area contributed by atoms with Gasteiger partial charge < -0.3 is 9.15 Å². The van der Waals surface area contributed by atoms with E-state index in [2.05, 4.69) is 0 Å². The molecule has 1 saturated heterocycles. The van der Waals surface area contributed by atoms with Crippen molar-refractivity contribution >= 4 is 34.5 Å². The van der Waals surface area contributed by atoms with Crippen LogP contribution in [0.4, 0.5) is 10.5 Å². The molecular formula is C22H18N2O6. The number of anilines is 1. The maximum atomic E-state index is 12.9. The molecule has 0 atom stereocenters. The molecule has 152 valence electrons. The van der Waals surface area contributed by atoms with Crippen LogP contribution in [0.2, 0.25) is 0 Å². The van der Waals surface area contributed by atoms with Gasteiger partial charge in [-0.25, -0.2) is 14.5 Å². The summed E-state index contributed by atoms with van der Waals surface area (Å²) in [6, 6.07) is 10.2. The lowest BCUT2D eigenvalue weighted by molar-refractivity contribution is -0.139. The fraction of sp³-hybridized carbons (Fsp3) is 0.182. The number of imide groups is 2. The van der Waals surface area contributed by atoms with Gasteiger partial charge in [-0.3, -0.25) is 14.5 Å². The van der Waals surface area contributed by atoms with Crippen molar-refractivity contribution in [2.24, 2.45) is 0 Å². The van der Waals surface area contributed by atoms with E-state index in [0.717, 1.165) is 20.9 Å². The van der Waals surface area contributed by atoms with Crippen molar-refractivity contribution in [3.05, 3.63) is 69.6 Å². The van der Waals surface area contributed by atoms with E-state index in [4.69, 9.17) is 9.15 Å². The number of hydrogen-bond donors (Lipinski definition) is 0. The van der Waals surface area contributed by atoms with Crippen LogP contribution in [-0.2, 0) is 16.1 Å². The van der Waals surface area contributed by atoms with Crippen molar-refractivity contribution in [1.29, 1.82) is 0 Å². The number of carbonyl (C=O) groups is 3. The van der Waals surface area contributed by atoms with Crippen LogP contribution < -0.4 is 15.3 Å². The summed E-state index contributed by atoms with van der Waals surface area (Å²) in [6.07, 6.45) is 0. The maximum absolute atomic E-state index is 12.9. The van der Waals surface area contributed by atoms with Crippen LogP contribution in [-0.4, -0.2) is 29.9 Å². The topological polar surface area (TPSA) is 97.1 Å². The van der Waals surface area contributed by atoms with Gasteiger partial charge in [0.2, 0.25) is 0 Å². The van der Waals surface area contributed by atoms with E-state index in [0.29, 0.717) is 22.3 Å². The predicted octanol–water partition coefficient (Wildman–Crippen LogP) is 2.91. The van der Waals surface area contributed by atoms with Gasteiger partial charge in [-0.2, -0.15) is 0 Å². The SMILES string of the molecule is COc1ccc(N2C(=O)C(=O)N(Cc3cc(=O)oc4cc(C)c(C)cc34)C2=O)cc1. The molecule has 0 saturated carbocycles. The van der Waals surface area contributed by atoms with Crippen LogP contribution in [0.1, 0.15) is 16.7 Å². The van der Waals surface area contributed by atoms with Gasteiger partial charge in [0.05, 0.1) is 19.3 Å². The zero-order valence-corrected chi connectivity index (χ0v) is 16.6. The van der Waals surface area contributed by atoms with Crippen LogP contribution in [0, 0.1) is 13.8 Å². The Morgan fingerprint density at radius 1 is 0.900 bits per heavy atom. The van der Waals surface area contributed by atoms with Gasteiger partial charge >= 0.3 is 23.5 Å². The first-order valence-electron chi connectivity index (χ1n) is 9.18. The van der Waals surface area contributed by atoms with Crippen LogP contribution in [0.25, 0.3) is 11.0 Å². The Balaban J connectivity index is 1.72. The second kappa shape index (κ2) is 7.14. The Hall–Kier alpha value is -3.94. The Morgan fingerprint density at radius 3 is 2.23 bits per heavy atom. The highest BCUT2D eigenvalue weighted by atomic mass is 16.5. The van der Waals surface area contributed by atoms with E-state index in [1.807, 2.05) is 19.9 Å². The van der Waals surface area contributed by atoms with E-state index in [9.17, 15) is 19.2 Å². The van der Waals surface area contributed by atoms with E-state index in [1.165, 1.54) is 25.3 Å². The van der Waals surface area contributed by atoms with E-state index < -0.39 is 23.5 Å². The first-order valence-corrected chi connectivity index (χ1v) is 9.18. The van der Waals surface area contributed by atoms with Crippen LogP contribution >= 0.6 is 0 Å². The third-order valence-corrected chi connectivity index (χ3v) is 5.16. The summed E-state index contributed by atoms with van der Waals surface area (Å²) in [5, 5.41) is 0.605. The normalized spacial score (nSPS) is 14.2. The largest absolute Gasteiger partial charge is 0.497 e. The van der Waals surface area contributed by atoms with E-state index in [-0.39, 0.29) is 12.2 Å². The second-order valence-corrected chi connectivity index (χ2v) is 7.04. The van der Waals surface area contributed by atoms with Crippen LogP contribution in [0.15, 0.2) is 51.7 Å². The molecule has 0 unspecified atom stereocenters. The smallest absolute Gasteiger partial charge is 0.339 e. The Kier molecular flexibility index (Phi) is 4.62. The number of carbonyl (C=O) groups excluding carboxylic acids is 3. The summed E-state index contributed by atoms with van der Waals surface area (Å²) in [7, 11) is 1.50. The molecule has 1 aliphatic heterocycles. The lowest BCUT2D eigenvalue weighted by Crippen LogP contribution is -2.33. The molecule has 4 amide bonds. The minimum absolute atomic E-state index is 0.222. The summed E-state index contributed by atoms with van der Waals surface area (Å²) in [5.41, 5.74) is 2.35. The number of fused-ring (bicyclic) bond motifs is 1. The molecule has 0 spiro atoms. The number of aryl methyl sites for hydroxylation is 2. The zero-order chi connectivity index (χ0) is 21.6. The maximum Gasteiger partial charge on any atom is 0.339 e. The third kappa shape index (κ3) is 3.12. The van der Waals surface area contributed by atoms with E-state index in [1.54, 1.807) is 18.2 Å². The van der Waals surface area contributed by atoms with Gasteiger partial charge in [0.1, 0.15) is 11.3 Å². The van der Waals surface area contributed by atoms with Crippen molar-refractivity contribution < 1.29 is 23.5 Å². The number of rotatable bonds is 4. The highest BCUT2D eigenvalue weighted by Gasteiger charge is 2.45. The highest BCUT2D eigenvalue weighted by Crippen LogP contribution is 2.28. The van der Waals surface area contributed by atoms with Gasteiger partial charge in [-0.1, -0.05) is 0 Å². The average Bonchev–Trinajstić information content (AvgIpc) is 2.93. The number of nitrogens with zero attached hydrogens (tertiary/aromatic N) is 2. The van der Waals surface area contributed by atoms with Crippen molar-refractivity contribution in [1.82, 2.24) is 4.90 Å². The molecule has 2 heterocycles. The number of methoxy groups -OCH3 is 1. The molecule has 3 aromatic rings. The molecule has 0 bridgehead atoms. The highest BCUT2D eigenvalue weighted by molar-refractivity contribution is 6.52. The number of benzene rings is 2. The van der Waals surface area contributed by atoms with Crippen LogP contribution in [0.5, 0.6) is 5.75 Å². The van der Waals surface area contributed by atoms with Crippen molar-refractivity contribution in [2.75, 3.05) is 12.0 Å². The molecule has 0 N–H and O–H groups in total. The number of urea groups is 1. The molecule has 2 aromatic carbocycles. The predicted molar refractivity (Wildman–Crippen MR) is 108 cm³/mol. The van der Waals surface area contributed by atoms with Gasteiger partial charge in [-0.15, -0.1) is 0 Å². The zero-order valence-electron chi connectivity index (χ0n) is 16.6. The first-order chi connectivity index (χ1) is 14.3. The fourth-order valence-corrected chi connectivity index (χ4v) is 3.39. The lowest BCUT2D eigenvalue weighted by atomic mass is 10.0. The molecule has 0 aliphatic carbocycles. The molecule has 4 rings (SSSR count). The van der Waals surface area contributed by atoms with Gasteiger partial charge in [-0.05, 0) is 66.9 Å². The van der Waals surface area contributed by atoms with Crippen molar-refractivity contribution in [2.45, 2.75) is 20.4 Å². The molecule has 30 heavy (non-hydrogen) atoms. The molecule has 1 aromatic heterocycles. The number of ether oxygens (including phenoxy) is 1. The molecule has 8 heteroatoms. The summed E-state index contributed by atoms with van der Waals surface area (Å²) in [4.78, 5) is 51.6. The Morgan fingerprint density at radius 2 is 1.57 bits per heavy atom. The minimum atomic E-state index is -0.957. The Labute approximate surface area is 171 Å². The summed E-state index contributed by atoms with van der Waals surface area (Å²) in [5.74, 6) is -1.36. The standard InChI is InChI=1S/C22H18N2O6/c1-12-8-17-14(10-19(25)30-18(17)9-13(12)2)11-23-20(26)21(27)24(22(23)28)15-4-6-16(29-3)7-5-15/h4-10H,11H2,1-3H3. The molecule has 8 nitrogen and oxygen atoms in total. The van der Waals surface area contributed by atoms with Crippen LogP contribution in [0.3, 0.4) is 0 Å². The lowest BCUT2D eigenvalue weighted by Gasteiger charge is -2.16. The summed E-state index contributed by atoms with van der Waals surface area (Å²) >= 11 is 0. The average molecular weight is 406 g/mol. The van der Waals surface area contributed by atoms with Gasteiger partial charge in [0, 0.05) is 11.5 Å². The molecule has 1 aliphatic rings. The van der Waals surface area contributed by atoms with Gasteiger partial charge in [0.15, 0.2) is 0 Å². The Bertz CT molecular complexity index is 1260. The quantitative estimate of drug-likeness (QED) is 0.375.